The Hall–Kier alpha value is -3.27. The van der Waals surface area contributed by atoms with Gasteiger partial charge in [0.15, 0.2) is 11.5 Å². The Morgan fingerprint density at radius 2 is 1.51 bits per heavy atom. The van der Waals surface area contributed by atoms with Crippen molar-refractivity contribution in [1.82, 2.24) is 5.32 Å². The molecule has 210 valence electrons. The third-order valence-corrected chi connectivity index (χ3v) is 7.47. The van der Waals surface area contributed by atoms with E-state index < -0.39 is 0 Å². The SMILES string of the molecule is COc1cc(OCCNCCCOc2ccc(C3Sc4ccccc4N(C)C3=O)cc2)cc(OC)c1OC.Cl. The molecule has 8 nitrogen and oxygen atoms in total. The molecule has 39 heavy (non-hydrogen) atoms. The number of carbonyl (C=O) groups excluding carboxylic acids is 1. The molecule has 1 amide bonds. The number of halogens is 1. The van der Waals surface area contributed by atoms with E-state index in [0.29, 0.717) is 42.8 Å². The van der Waals surface area contributed by atoms with Crippen LogP contribution in [0.2, 0.25) is 0 Å². The summed E-state index contributed by atoms with van der Waals surface area (Å²) in [5.74, 6) is 3.18. The molecule has 1 aliphatic rings. The highest BCUT2D eigenvalue weighted by atomic mass is 35.5. The smallest absolute Gasteiger partial charge is 0.244 e. The number of rotatable bonds is 13. The molecule has 0 saturated heterocycles. The number of fused-ring (bicyclic) bond motifs is 1. The summed E-state index contributed by atoms with van der Waals surface area (Å²) in [6.07, 6.45) is 0.852. The van der Waals surface area contributed by atoms with Gasteiger partial charge in [-0.15, -0.1) is 24.2 Å². The average Bonchev–Trinajstić information content (AvgIpc) is 2.96. The lowest BCUT2D eigenvalue weighted by Crippen LogP contribution is -2.33. The number of likely N-dealkylation sites (N-methyl/N-ethyl adjacent to an activating group) is 1. The monoisotopic (exact) mass is 574 g/mol. The number of nitrogens with one attached hydrogen (secondary N) is 1. The molecule has 1 heterocycles. The van der Waals surface area contributed by atoms with Crippen molar-refractivity contribution in [2.45, 2.75) is 16.6 Å². The first-order chi connectivity index (χ1) is 18.5. The third kappa shape index (κ3) is 7.44. The number of hydrogen-bond acceptors (Lipinski definition) is 8. The van der Waals surface area contributed by atoms with Gasteiger partial charge in [0.1, 0.15) is 23.4 Å². The lowest BCUT2D eigenvalue weighted by molar-refractivity contribution is -0.118. The number of methoxy groups -OCH3 is 3. The molecule has 0 bridgehead atoms. The summed E-state index contributed by atoms with van der Waals surface area (Å²) >= 11 is 1.59. The van der Waals surface area contributed by atoms with E-state index in [9.17, 15) is 4.79 Å². The zero-order valence-electron chi connectivity index (χ0n) is 22.6. The molecule has 10 heteroatoms. The number of benzene rings is 3. The number of carbonyl (C=O) groups is 1. The summed E-state index contributed by atoms with van der Waals surface area (Å²) in [6.45, 7) is 2.58. The highest BCUT2D eigenvalue weighted by Crippen LogP contribution is 2.46. The topological polar surface area (TPSA) is 78.5 Å². The van der Waals surface area contributed by atoms with Gasteiger partial charge >= 0.3 is 0 Å². The second-order valence-electron chi connectivity index (χ2n) is 8.59. The quantitative estimate of drug-likeness (QED) is 0.273. The lowest BCUT2D eigenvalue weighted by Gasteiger charge is -2.31. The van der Waals surface area contributed by atoms with Crippen LogP contribution in [0.5, 0.6) is 28.7 Å². The summed E-state index contributed by atoms with van der Waals surface area (Å²) in [5.41, 5.74) is 1.93. The molecular formula is C29H35ClN2O6S. The van der Waals surface area contributed by atoms with Crippen LogP contribution < -0.4 is 33.9 Å². The summed E-state index contributed by atoms with van der Waals surface area (Å²) in [6, 6.07) is 19.4. The highest BCUT2D eigenvalue weighted by Gasteiger charge is 2.32. The second-order valence-corrected chi connectivity index (χ2v) is 9.74. The first kappa shape index (κ1) is 30.3. The van der Waals surface area contributed by atoms with Crippen LogP contribution in [0.4, 0.5) is 5.69 Å². The molecule has 0 aromatic heterocycles. The zero-order valence-corrected chi connectivity index (χ0v) is 24.2. The van der Waals surface area contributed by atoms with Gasteiger partial charge < -0.3 is 33.9 Å². The van der Waals surface area contributed by atoms with Crippen molar-refractivity contribution in [1.29, 1.82) is 0 Å². The number of thioether (sulfide) groups is 1. The second kappa shape index (κ2) is 14.8. The summed E-state index contributed by atoms with van der Waals surface area (Å²) in [5, 5.41) is 3.10. The van der Waals surface area contributed by atoms with Crippen LogP contribution in [0, 0.1) is 0 Å². The van der Waals surface area contributed by atoms with E-state index >= 15 is 0 Å². The predicted molar refractivity (Wildman–Crippen MR) is 157 cm³/mol. The van der Waals surface area contributed by atoms with Gasteiger partial charge in [0.2, 0.25) is 11.7 Å². The van der Waals surface area contributed by atoms with Crippen molar-refractivity contribution < 1.29 is 28.5 Å². The van der Waals surface area contributed by atoms with Crippen LogP contribution in [-0.2, 0) is 4.79 Å². The standard InChI is InChI=1S/C29H34N2O6S.ClH/c1-31-23-8-5-6-9-26(23)38-28(29(31)32)20-10-12-21(13-11-20)36-16-7-14-30-15-17-37-22-18-24(33-2)27(35-4)25(19-22)34-3;/h5-6,8-13,18-19,28,30H,7,14-17H2,1-4H3;1H. The van der Waals surface area contributed by atoms with E-state index in [1.165, 1.54) is 0 Å². The van der Waals surface area contributed by atoms with Gasteiger partial charge in [0, 0.05) is 30.6 Å². The minimum absolute atomic E-state index is 0. The Balaban J connectivity index is 0.00000420. The average molecular weight is 575 g/mol. The maximum absolute atomic E-state index is 12.9. The van der Waals surface area contributed by atoms with E-state index in [1.54, 1.807) is 50.1 Å². The molecule has 0 fully saturated rings. The Kier molecular flexibility index (Phi) is 11.5. The molecule has 4 rings (SSSR count). The summed E-state index contributed by atoms with van der Waals surface area (Å²) in [4.78, 5) is 15.8. The number of hydrogen-bond donors (Lipinski definition) is 1. The number of para-hydroxylation sites is 1. The molecule has 1 N–H and O–H groups in total. The zero-order chi connectivity index (χ0) is 26.9. The van der Waals surface area contributed by atoms with Crippen molar-refractivity contribution in [2.75, 3.05) is 59.6 Å². The van der Waals surface area contributed by atoms with Crippen LogP contribution in [0.3, 0.4) is 0 Å². The van der Waals surface area contributed by atoms with Gasteiger partial charge in [-0.05, 0) is 42.8 Å². The van der Waals surface area contributed by atoms with Crippen molar-refractivity contribution in [2.24, 2.45) is 0 Å². The molecule has 1 unspecified atom stereocenters. The largest absolute Gasteiger partial charge is 0.494 e. The molecule has 0 spiro atoms. The van der Waals surface area contributed by atoms with E-state index in [0.717, 1.165) is 34.9 Å². The van der Waals surface area contributed by atoms with E-state index in [2.05, 4.69) is 11.4 Å². The fraction of sp³-hybridized carbons (Fsp3) is 0.345. The van der Waals surface area contributed by atoms with Gasteiger partial charge in [0.05, 0.1) is 33.6 Å². The number of ether oxygens (including phenoxy) is 5. The van der Waals surface area contributed by atoms with Crippen LogP contribution in [0.25, 0.3) is 0 Å². The fourth-order valence-electron chi connectivity index (χ4n) is 4.15. The molecule has 1 atom stereocenters. The van der Waals surface area contributed by atoms with Crippen LogP contribution in [0.1, 0.15) is 17.2 Å². The normalized spacial score (nSPS) is 14.2. The summed E-state index contributed by atoms with van der Waals surface area (Å²) in [7, 11) is 6.56. The van der Waals surface area contributed by atoms with Crippen LogP contribution in [-0.4, -0.2) is 60.6 Å². The Morgan fingerprint density at radius 3 is 2.18 bits per heavy atom. The van der Waals surface area contributed by atoms with Crippen molar-refractivity contribution in [3.05, 3.63) is 66.2 Å². The van der Waals surface area contributed by atoms with Gasteiger partial charge in [-0.3, -0.25) is 4.79 Å². The molecule has 1 aliphatic heterocycles. The maximum Gasteiger partial charge on any atom is 0.244 e. The molecule has 0 saturated carbocycles. The first-order valence-electron chi connectivity index (χ1n) is 12.4. The fourth-order valence-corrected chi connectivity index (χ4v) is 5.44. The van der Waals surface area contributed by atoms with Crippen molar-refractivity contribution >= 4 is 35.8 Å². The van der Waals surface area contributed by atoms with Crippen LogP contribution >= 0.6 is 24.2 Å². The Labute approximate surface area is 240 Å². The van der Waals surface area contributed by atoms with E-state index in [4.69, 9.17) is 23.7 Å². The van der Waals surface area contributed by atoms with Crippen LogP contribution in [0.15, 0.2) is 65.6 Å². The number of amides is 1. The van der Waals surface area contributed by atoms with E-state index in [1.807, 2.05) is 49.5 Å². The highest BCUT2D eigenvalue weighted by molar-refractivity contribution is 8.00. The first-order valence-corrected chi connectivity index (χ1v) is 13.3. The van der Waals surface area contributed by atoms with Gasteiger partial charge in [-0.25, -0.2) is 0 Å². The van der Waals surface area contributed by atoms with Gasteiger partial charge in [0.25, 0.3) is 0 Å². The third-order valence-electron chi connectivity index (χ3n) is 6.16. The van der Waals surface area contributed by atoms with Crippen molar-refractivity contribution in [3.63, 3.8) is 0 Å². The minimum atomic E-state index is -0.254. The summed E-state index contributed by atoms with van der Waals surface area (Å²) < 4.78 is 27.8. The molecule has 0 radical (unpaired) electrons. The van der Waals surface area contributed by atoms with Gasteiger partial charge in [-0.1, -0.05) is 24.3 Å². The predicted octanol–water partition coefficient (Wildman–Crippen LogP) is 5.38. The number of anilines is 1. The van der Waals surface area contributed by atoms with Crippen molar-refractivity contribution in [3.8, 4) is 28.7 Å². The molecule has 0 aliphatic carbocycles. The molecule has 3 aromatic carbocycles. The van der Waals surface area contributed by atoms with E-state index in [-0.39, 0.29) is 23.6 Å². The number of nitrogens with zero attached hydrogens (tertiary/aromatic N) is 1. The molecular weight excluding hydrogens is 540 g/mol. The lowest BCUT2D eigenvalue weighted by atomic mass is 10.1. The van der Waals surface area contributed by atoms with Gasteiger partial charge in [-0.2, -0.15) is 0 Å². The maximum atomic E-state index is 12.9. The molecule has 3 aromatic rings. The Bertz CT molecular complexity index is 1200. The minimum Gasteiger partial charge on any atom is -0.494 e. The Morgan fingerprint density at radius 1 is 0.846 bits per heavy atom.